The molecule has 0 spiro atoms. The molecule has 114 valence electrons. The lowest BCUT2D eigenvalue weighted by Gasteiger charge is -2.39. The molecule has 0 fully saturated rings. The molecule has 0 amide bonds. The van der Waals surface area contributed by atoms with Gasteiger partial charge in [-0.25, -0.2) is 9.67 Å². The first-order valence-electron chi connectivity index (χ1n) is 5.74. The van der Waals surface area contributed by atoms with Gasteiger partial charge in [0.2, 0.25) is 0 Å². The quantitative estimate of drug-likeness (QED) is 0.792. The molecule has 4 nitrogen and oxygen atoms in total. The average molecular weight is 389 g/mol. The summed E-state index contributed by atoms with van der Waals surface area (Å²) in [6, 6.07) is 6.39. The first-order chi connectivity index (χ1) is 9.77. The summed E-state index contributed by atoms with van der Waals surface area (Å²) in [5, 5.41) is 15.5. The number of aliphatic hydroxyl groups is 1. The molecule has 2 aromatic rings. The van der Waals surface area contributed by atoms with E-state index in [4.69, 9.17) is 58.0 Å². The molecule has 0 radical (unpaired) electrons. The Balaban J connectivity index is 2.50. The molecule has 1 aromatic heterocycles. The Morgan fingerprint density at radius 2 is 1.81 bits per heavy atom. The van der Waals surface area contributed by atoms with E-state index >= 15 is 0 Å². The molecule has 2 rings (SSSR count). The maximum absolute atomic E-state index is 11.1. The lowest BCUT2D eigenvalue weighted by atomic mass is 9.90. The van der Waals surface area contributed by atoms with Crippen LogP contribution >= 0.6 is 58.0 Å². The van der Waals surface area contributed by atoms with Crippen LogP contribution in [0.3, 0.4) is 0 Å². The summed E-state index contributed by atoms with van der Waals surface area (Å²) in [5.41, 5.74) is -1.40. The van der Waals surface area contributed by atoms with Gasteiger partial charge in [-0.05, 0) is 17.7 Å². The summed E-state index contributed by atoms with van der Waals surface area (Å²) in [4.78, 5) is 2.56. The van der Waals surface area contributed by atoms with Crippen molar-refractivity contribution in [2.75, 3.05) is 0 Å². The van der Waals surface area contributed by atoms with Crippen LogP contribution in [0.5, 0.6) is 0 Å². The van der Waals surface area contributed by atoms with Gasteiger partial charge >= 0.3 is 0 Å². The SMILES string of the molecule is OC(Cn1cncn1)(c1ccc(Cl)cc1)C(Cl)(Cl)C(Cl)Cl. The van der Waals surface area contributed by atoms with Gasteiger partial charge in [0.1, 0.15) is 23.1 Å². The van der Waals surface area contributed by atoms with Crippen LogP contribution in [0.4, 0.5) is 0 Å². The van der Waals surface area contributed by atoms with E-state index in [2.05, 4.69) is 10.1 Å². The summed E-state index contributed by atoms with van der Waals surface area (Å²) in [7, 11) is 0. The van der Waals surface area contributed by atoms with Crippen molar-refractivity contribution in [3.63, 3.8) is 0 Å². The molecule has 0 saturated carbocycles. The number of alkyl halides is 4. The van der Waals surface area contributed by atoms with Gasteiger partial charge in [-0.1, -0.05) is 46.9 Å². The summed E-state index contributed by atoms with van der Waals surface area (Å²) in [5.74, 6) is 0. The van der Waals surface area contributed by atoms with Crippen LogP contribution in [0, 0.1) is 0 Å². The number of aromatic nitrogens is 3. The number of halogens is 5. The molecule has 0 aliphatic carbocycles. The number of hydrogen-bond acceptors (Lipinski definition) is 3. The second kappa shape index (κ2) is 6.49. The van der Waals surface area contributed by atoms with Crippen LogP contribution in [-0.2, 0) is 12.1 Å². The van der Waals surface area contributed by atoms with E-state index in [9.17, 15) is 5.11 Å². The topological polar surface area (TPSA) is 50.9 Å². The van der Waals surface area contributed by atoms with E-state index in [1.807, 2.05) is 0 Å². The van der Waals surface area contributed by atoms with Gasteiger partial charge in [0.25, 0.3) is 0 Å². The first kappa shape index (κ1) is 17.1. The van der Waals surface area contributed by atoms with Gasteiger partial charge < -0.3 is 5.11 Å². The van der Waals surface area contributed by atoms with Gasteiger partial charge in [-0.15, -0.1) is 23.2 Å². The van der Waals surface area contributed by atoms with Gasteiger partial charge in [-0.2, -0.15) is 5.10 Å². The fourth-order valence-electron chi connectivity index (χ4n) is 1.84. The predicted molar refractivity (Wildman–Crippen MR) is 85.3 cm³/mol. The highest BCUT2D eigenvalue weighted by Gasteiger charge is 2.54. The molecule has 1 atom stereocenters. The third-order valence-corrected chi connectivity index (χ3v) is 5.42. The Labute approximate surface area is 146 Å². The molecule has 1 heterocycles. The lowest BCUT2D eigenvalue weighted by molar-refractivity contribution is 0.00119. The molecule has 1 N–H and O–H groups in total. The van der Waals surface area contributed by atoms with Crippen LogP contribution in [0.25, 0.3) is 0 Å². The zero-order valence-corrected chi connectivity index (χ0v) is 14.2. The molecule has 0 aliphatic heterocycles. The van der Waals surface area contributed by atoms with E-state index < -0.39 is 14.8 Å². The number of hydrogen-bond donors (Lipinski definition) is 1. The van der Waals surface area contributed by atoms with Crippen molar-refractivity contribution in [1.29, 1.82) is 0 Å². The predicted octanol–water partition coefficient (Wildman–Crippen LogP) is 3.80. The minimum atomic E-state index is -1.88. The van der Waals surface area contributed by atoms with Crippen molar-refractivity contribution in [2.45, 2.75) is 21.3 Å². The van der Waals surface area contributed by atoms with Crippen LogP contribution in [0.15, 0.2) is 36.9 Å². The summed E-state index contributed by atoms with van der Waals surface area (Å²) < 4.78 is -0.500. The van der Waals surface area contributed by atoms with Crippen molar-refractivity contribution in [1.82, 2.24) is 14.8 Å². The van der Waals surface area contributed by atoms with Crippen LogP contribution < -0.4 is 0 Å². The maximum atomic E-state index is 11.1. The van der Waals surface area contributed by atoms with Gasteiger partial charge in [0.05, 0.1) is 6.54 Å². The Morgan fingerprint density at radius 3 is 2.29 bits per heavy atom. The molecule has 0 bridgehead atoms. The third kappa shape index (κ3) is 3.41. The van der Waals surface area contributed by atoms with Crippen molar-refractivity contribution >= 4 is 58.0 Å². The average Bonchev–Trinajstić information content (AvgIpc) is 2.91. The van der Waals surface area contributed by atoms with E-state index in [0.717, 1.165) is 0 Å². The van der Waals surface area contributed by atoms with Crippen molar-refractivity contribution in [3.05, 3.63) is 47.5 Å². The highest BCUT2D eigenvalue weighted by molar-refractivity contribution is 6.60. The van der Waals surface area contributed by atoms with Crippen molar-refractivity contribution in [2.24, 2.45) is 0 Å². The maximum Gasteiger partial charge on any atom is 0.182 e. The minimum Gasteiger partial charge on any atom is -0.380 e. The lowest BCUT2D eigenvalue weighted by Crippen LogP contribution is -2.50. The van der Waals surface area contributed by atoms with Crippen molar-refractivity contribution in [3.8, 4) is 0 Å². The van der Waals surface area contributed by atoms with E-state index in [0.29, 0.717) is 10.6 Å². The van der Waals surface area contributed by atoms with Gasteiger partial charge in [0, 0.05) is 5.02 Å². The smallest absolute Gasteiger partial charge is 0.182 e. The number of benzene rings is 1. The zero-order valence-electron chi connectivity index (χ0n) is 10.4. The van der Waals surface area contributed by atoms with Gasteiger partial charge in [0.15, 0.2) is 4.33 Å². The molecule has 0 saturated heterocycles. The number of nitrogens with zero attached hydrogens (tertiary/aromatic N) is 3. The molecule has 0 aliphatic rings. The van der Waals surface area contributed by atoms with E-state index in [1.165, 1.54) is 17.3 Å². The molecule has 21 heavy (non-hydrogen) atoms. The van der Waals surface area contributed by atoms with Gasteiger partial charge in [-0.3, -0.25) is 0 Å². The third-order valence-electron chi connectivity index (χ3n) is 3.00. The largest absolute Gasteiger partial charge is 0.380 e. The Bertz CT molecular complexity index is 587. The highest BCUT2D eigenvalue weighted by atomic mass is 35.5. The second-order valence-corrected chi connectivity index (χ2v) is 7.30. The Kier molecular flexibility index (Phi) is 5.29. The van der Waals surface area contributed by atoms with Crippen LogP contribution in [0.1, 0.15) is 5.56 Å². The first-order valence-corrected chi connectivity index (χ1v) is 7.75. The summed E-state index contributed by atoms with van der Waals surface area (Å²) in [6.45, 7) is -0.0857. The fraction of sp³-hybridized carbons (Fsp3) is 0.333. The normalized spacial score (nSPS) is 15.2. The minimum absolute atomic E-state index is 0.0857. The van der Waals surface area contributed by atoms with Crippen LogP contribution in [-0.4, -0.2) is 29.0 Å². The molecular weight excluding hydrogens is 379 g/mol. The number of rotatable bonds is 5. The molecule has 1 aromatic carbocycles. The standard InChI is InChI=1S/C12H10Cl5N3O/c13-9-3-1-8(2-4-9)11(21,12(16,17)10(14)15)5-20-7-18-6-19-20/h1-4,6-7,10,21H,5H2. The monoisotopic (exact) mass is 387 g/mol. The fourth-order valence-corrected chi connectivity index (χ4v) is 2.67. The zero-order chi connectivity index (χ0) is 15.7. The second-order valence-electron chi connectivity index (χ2n) is 4.38. The van der Waals surface area contributed by atoms with Crippen molar-refractivity contribution < 1.29 is 5.11 Å². The summed E-state index contributed by atoms with van der Waals surface area (Å²) in [6.07, 6.45) is 2.74. The van der Waals surface area contributed by atoms with E-state index in [-0.39, 0.29) is 6.54 Å². The Hall–Kier alpha value is -0.230. The highest BCUT2D eigenvalue weighted by Crippen LogP contribution is 2.48. The summed E-state index contributed by atoms with van der Waals surface area (Å²) >= 11 is 30.0. The van der Waals surface area contributed by atoms with Crippen LogP contribution in [0.2, 0.25) is 5.02 Å². The molecule has 1 unspecified atom stereocenters. The van der Waals surface area contributed by atoms with E-state index in [1.54, 1.807) is 24.3 Å². The molecule has 9 heteroatoms. The molecular formula is C12H10Cl5N3O. The Morgan fingerprint density at radius 1 is 1.19 bits per heavy atom.